The van der Waals surface area contributed by atoms with Crippen molar-refractivity contribution in [2.45, 2.75) is 45.3 Å². The van der Waals surface area contributed by atoms with Crippen LogP contribution < -0.4 is 5.32 Å². The van der Waals surface area contributed by atoms with E-state index in [0.29, 0.717) is 5.69 Å². The van der Waals surface area contributed by atoms with Crippen LogP contribution in [0.4, 0.5) is 0 Å². The Hall–Kier alpha value is -1.73. The summed E-state index contributed by atoms with van der Waals surface area (Å²) in [6, 6.07) is 4.66. The van der Waals surface area contributed by atoms with Gasteiger partial charge >= 0.3 is 0 Å². The van der Waals surface area contributed by atoms with Crippen molar-refractivity contribution >= 4 is 17.2 Å². The second-order valence-electron chi connectivity index (χ2n) is 6.32. The highest BCUT2D eigenvalue weighted by atomic mass is 32.1. The Balaban J connectivity index is 1.62. The fourth-order valence-corrected chi connectivity index (χ4v) is 3.66. The lowest BCUT2D eigenvalue weighted by Crippen LogP contribution is -2.36. The lowest BCUT2D eigenvalue weighted by molar-refractivity contribution is 0.0938. The van der Waals surface area contributed by atoms with Crippen molar-refractivity contribution < 1.29 is 4.79 Å². The predicted octanol–water partition coefficient (Wildman–Crippen LogP) is 2.31. The van der Waals surface area contributed by atoms with Crippen LogP contribution in [0.3, 0.4) is 0 Å². The molecule has 0 aromatic carbocycles. The van der Waals surface area contributed by atoms with Gasteiger partial charge in [-0.2, -0.15) is 0 Å². The highest BCUT2D eigenvalue weighted by molar-refractivity contribution is 7.09. The van der Waals surface area contributed by atoms with Gasteiger partial charge in [-0.25, -0.2) is 4.68 Å². The average Bonchev–Trinajstić information content (AvgIpc) is 3.18. The summed E-state index contributed by atoms with van der Waals surface area (Å²) in [5.74, 6) is -0.155. The smallest absolute Gasteiger partial charge is 0.273 e. The van der Waals surface area contributed by atoms with Crippen LogP contribution in [-0.2, 0) is 6.54 Å². The Morgan fingerprint density at radius 2 is 2.39 bits per heavy atom. The molecule has 3 rings (SSSR count). The van der Waals surface area contributed by atoms with Gasteiger partial charge in [-0.1, -0.05) is 11.3 Å². The molecule has 0 spiro atoms. The van der Waals surface area contributed by atoms with Crippen molar-refractivity contribution in [1.82, 2.24) is 25.2 Å². The van der Waals surface area contributed by atoms with Gasteiger partial charge in [0.15, 0.2) is 5.69 Å². The Labute approximate surface area is 140 Å². The van der Waals surface area contributed by atoms with Crippen molar-refractivity contribution in [3.63, 3.8) is 0 Å². The molecule has 1 aliphatic heterocycles. The van der Waals surface area contributed by atoms with Crippen molar-refractivity contribution in [3.05, 3.63) is 34.3 Å². The van der Waals surface area contributed by atoms with Crippen LogP contribution in [0.25, 0.3) is 0 Å². The number of hydrogen-bond acceptors (Lipinski definition) is 5. The number of likely N-dealkylation sites (tertiary alicyclic amines) is 1. The predicted molar refractivity (Wildman–Crippen MR) is 90.5 cm³/mol. The number of aromatic nitrogens is 3. The second kappa shape index (κ2) is 7.23. The summed E-state index contributed by atoms with van der Waals surface area (Å²) < 4.78 is 1.86. The number of hydrogen-bond donors (Lipinski definition) is 1. The molecule has 1 saturated heterocycles. The molecule has 124 valence electrons. The Kier molecular flexibility index (Phi) is 5.07. The maximum Gasteiger partial charge on any atom is 0.273 e. The molecule has 1 atom stereocenters. The number of nitrogens with zero attached hydrogens (tertiary/aromatic N) is 4. The molecule has 1 amide bonds. The minimum atomic E-state index is -0.155. The van der Waals surface area contributed by atoms with Gasteiger partial charge in [0.1, 0.15) is 0 Å². The van der Waals surface area contributed by atoms with E-state index < -0.39 is 0 Å². The van der Waals surface area contributed by atoms with Crippen molar-refractivity contribution in [1.29, 1.82) is 0 Å². The maximum absolute atomic E-state index is 12.0. The van der Waals surface area contributed by atoms with Gasteiger partial charge in [-0.15, -0.1) is 16.4 Å². The molecular weight excluding hydrogens is 310 g/mol. The molecule has 2 aromatic rings. The van der Waals surface area contributed by atoms with Crippen LogP contribution in [0.1, 0.15) is 48.1 Å². The van der Waals surface area contributed by atoms with Crippen molar-refractivity contribution in [3.8, 4) is 0 Å². The summed E-state index contributed by atoms with van der Waals surface area (Å²) in [4.78, 5) is 15.8. The number of thiophene rings is 1. The van der Waals surface area contributed by atoms with Gasteiger partial charge in [-0.05, 0) is 44.7 Å². The molecule has 0 aliphatic carbocycles. The first kappa shape index (κ1) is 16.1. The minimum Gasteiger partial charge on any atom is -0.348 e. The van der Waals surface area contributed by atoms with E-state index in [4.69, 9.17) is 0 Å². The molecule has 3 heterocycles. The summed E-state index contributed by atoms with van der Waals surface area (Å²) in [7, 11) is 0. The molecule has 1 unspecified atom stereocenters. The van der Waals surface area contributed by atoms with Crippen LogP contribution in [0.2, 0.25) is 0 Å². The fourth-order valence-electron chi connectivity index (χ4n) is 2.91. The average molecular weight is 333 g/mol. The molecule has 0 bridgehead atoms. The first-order valence-electron chi connectivity index (χ1n) is 8.09. The Morgan fingerprint density at radius 3 is 3.13 bits per heavy atom. The topological polar surface area (TPSA) is 63.1 Å². The Morgan fingerprint density at radius 1 is 1.52 bits per heavy atom. The zero-order valence-corrected chi connectivity index (χ0v) is 14.4. The van der Waals surface area contributed by atoms with E-state index in [9.17, 15) is 4.79 Å². The third kappa shape index (κ3) is 4.17. The van der Waals surface area contributed by atoms with E-state index in [1.807, 2.05) is 18.5 Å². The van der Waals surface area contributed by atoms with Gasteiger partial charge in [-0.3, -0.25) is 9.69 Å². The SMILES string of the molecule is CC(C)NC(=O)c1cn(C2CCCN(Cc3cccs3)C2)nn1. The number of carbonyl (C=O) groups is 1. The van der Waals surface area contributed by atoms with Crippen LogP contribution >= 0.6 is 11.3 Å². The summed E-state index contributed by atoms with van der Waals surface area (Å²) in [5.41, 5.74) is 0.397. The van der Waals surface area contributed by atoms with E-state index >= 15 is 0 Å². The fraction of sp³-hybridized carbons (Fsp3) is 0.562. The molecule has 1 fully saturated rings. The van der Waals surface area contributed by atoms with E-state index in [-0.39, 0.29) is 18.0 Å². The number of rotatable bonds is 5. The standard InChI is InChI=1S/C16H23N5OS/c1-12(2)17-16(22)15-11-21(19-18-15)13-5-3-7-20(9-13)10-14-6-4-8-23-14/h4,6,8,11-13H,3,5,7,9-10H2,1-2H3,(H,17,22). The van der Waals surface area contributed by atoms with Crippen LogP contribution in [0.5, 0.6) is 0 Å². The van der Waals surface area contributed by atoms with Gasteiger partial charge in [0.2, 0.25) is 0 Å². The summed E-state index contributed by atoms with van der Waals surface area (Å²) in [5, 5.41) is 13.2. The first-order chi connectivity index (χ1) is 11.1. The Bertz CT molecular complexity index is 637. The summed E-state index contributed by atoms with van der Waals surface area (Å²) >= 11 is 1.80. The number of carbonyl (C=O) groups excluding carboxylic acids is 1. The van der Waals surface area contributed by atoms with E-state index in [1.54, 1.807) is 17.5 Å². The van der Waals surface area contributed by atoms with Crippen LogP contribution in [0, 0.1) is 0 Å². The van der Waals surface area contributed by atoms with E-state index in [0.717, 1.165) is 32.5 Å². The molecular formula is C16H23N5OS. The summed E-state index contributed by atoms with van der Waals surface area (Å²) in [6.45, 7) is 6.93. The molecule has 0 radical (unpaired) electrons. The second-order valence-corrected chi connectivity index (χ2v) is 7.35. The summed E-state index contributed by atoms with van der Waals surface area (Å²) in [6.07, 6.45) is 4.00. The molecule has 1 aliphatic rings. The number of amides is 1. The molecule has 0 saturated carbocycles. The third-order valence-corrected chi connectivity index (χ3v) is 4.84. The zero-order valence-electron chi connectivity index (χ0n) is 13.6. The van der Waals surface area contributed by atoms with Gasteiger partial charge in [0.05, 0.1) is 12.2 Å². The molecule has 6 nitrogen and oxygen atoms in total. The van der Waals surface area contributed by atoms with Crippen LogP contribution in [-0.4, -0.2) is 44.9 Å². The lowest BCUT2D eigenvalue weighted by atomic mass is 10.1. The zero-order chi connectivity index (χ0) is 16.2. The van der Waals surface area contributed by atoms with E-state index in [1.165, 1.54) is 4.88 Å². The molecule has 1 N–H and O–H groups in total. The highest BCUT2D eigenvalue weighted by Crippen LogP contribution is 2.23. The third-order valence-electron chi connectivity index (χ3n) is 3.98. The number of nitrogens with one attached hydrogen (secondary N) is 1. The van der Waals surface area contributed by atoms with Gasteiger partial charge < -0.3 is 5.32 Å². The largest absolute Gasteiger partial charge is 0.348 e. The highest BCUT2D eigenvalue weighted by Gasteiger charge is 2.23. The first-order valence-corrected chi connectivity index (χ1v) is 8.97. The number of piperidine rings is 1. The van der Waals surface area contributed by atoms with Gasteiger partial charge in [0.25, 0.3) is 5.91 Å². The monoisotopic (exact) mass is 333 g/mol. The van der Waals surface area contributed by atoms with Crippen LogP contribution in [0.15, 0.2) is 23.7 Å². The van der Waals surface area contributed by atoms with Crippen molar-refractivity contribution in [2.24, 2.45) is 0 Å². The van der Waals surface area contributed by atoms with Crippen molar-refractivity contribution in [2.75, 3.05) is 13.1 Å². The lowest BCUT2D eigenvalue weighted by Gasteiger charge is -2.32. The molecule has 2 aromatic heterocycles. The van der Waals surface area contributed by atoms with E-state index in [2.05, 4.69) is 38.0 Å². The minimum absolute atomic E-state index is 0.101. The molecule has 23 heavy (non-hydrogen) atoms. The molecule has 7 heteroatoms. The quantitative estimate of drug-likeness (QED) is 0.912. The maximum atomic E-state index is 12.0. The van der Waals surface area contributed by atoms with Gasteiger partial charge in [0, 0.05) is 24.0 Å². The normalized spacial score (nSPS) is 19.2.